The molecule has 0 bridgehead atoms. The molecule has 4 rings (SSSR count). The van der Waals surface area contributed by atoms with Gasteiger partial charge >= 0.3 is 0 Å². The zero-order valence-electron chi connectivity index (χ0n) is 18.4. The molecule has 1 heterocycles. The maximum atomic E-state index is 6.91. The van der Waals surface area contributed by atoms with Gasteiger partial charge in [0.25, 0.3) is 0 Å². The van der Waals surface area contributed by atoms with Crippen LogP contribution in [0.25, 0.3) is 10.9 Å². The van der Waals surface area contributed by atoms with E-state index in [2.05, 4.69) is 65.7 Å². The van der Waals surface area contributed by atoms with Gasteiger partial charge in [0, 0.05) is 54.5 Å². The zero-order chi connectivity index (χ0) is 20.4. The summed E-state index contributed by atoms with van der Waals surface area (Å²) in [6.45, 7) is 0.895. The molecule has 1 aliphatic carbocycles. The van der Waals surface area contributed by atoms with Crippen LogP contribution < -0.4 is 16.0 Å². The monoisotopic (exact) mass is 516 g/mol. The Labute approximate surface area is 214 Å². The molecule has 0 amide bonds. The van der Waals surface area contributed by atoms with E-state index in [1.807, 2.05) is 18.3 Å². The zero-order valence-corrected chi connectivity index (χ0v) is 21.6. The van der Waals surface area contributed by atoms with E-state index in [9.17, 15) is 0 Å². The van der Waals surface area contributed by atoms with Crippen LogP contribution in [0, 0.1) is 0 Å². The van der Waals surface area contributed by atoms with Crippen molar-refractivity contribution in [3.05, 3.63) is 70.9 Å². The van der Waals surface area contributed by atoms with Gasteiger partial charge in [-0.1, -0.05) is 29.8 Å². The molecular formula is C24H32Cl4N4. The van der Waals surface area contributed by atoms with Gasteiger partial charge in [0.05, 0.1) is 5.52 Å². The maximum Gasteiger partial charge on any atom is 0.0720 e. The average Bonchev–Trinajstić information content (AvgIpc) is 2.73. The number of nitrogens with two attached hydrogens (primary N) is 1. The second kappa shape index (κ2) is 12.3. The van der Waals surface area contributed by atoms with Gasteiger partial charge in [-0.05, 0) is 67.1 Å². The van der Waals surface area contributed by atoms with Crippen LogP contribution in [0.3, 0.4) is 0 Å². The van der Waals surface area contributed by atoms with Gasteiger partial charge in [0.15, 0.2) is 0 Å². The van der Waals surface area contributed by atoms with E-state index < -0.39 is 0 Å². The fourth-order valence-corrected chi connectivity index (χ4v) is 4.50. The fraction of sp³-hybridized carbons (Fsp3) is 0.375. The molecule has 2 aromatic carbocycles. The Morgan fingerprint density at radius 3 is 2.31 bits per heavy atom. The summed E-state index contributed by atoms with van der Waals surface area (Å²) >= 11 is 6.14. The first-order valence-electron chi connectivity index (χ1n) is 10.3. The van der Waals surface area contributed by atoms with Crippen LogP contribution in [0.2, 0.25) is 5.02 Å². The number of pyridine rings is 1. The number of halogens is 4. The molecule has 0 aliphatic heterocycles. The Balaban J connectivity index is 0.00000171. The number of hydrogen-bond acceptors (Lipinski definition) is 4. The summed E-state index contributed by atoms with van der Waals surface area (Å²) in [5.74, 6) is 0. The topological polar surface area (TPSA) is 54.2 Å². The smallest absolute Gasteiger partial charge is 0.0720 e. The van der Waals surface area contributed by atoms with Crippen molar-refractivity contribution in [1.29, 1.82) is 0 Å². The van der Waals surface area contributed by atoms with Crippen molar-refractivity contribution in [2.45, 2.75) is 43.8 Å². The van der Waals surface area contributed by atoms with Gasteiger partial charge in [0.2, 0.25) is 0 Å². The molecule has 176 valence electrons. The highest BCUT2D eigenvalue weighted by Crippen LogP contribution is 2.38. The molecule has 32 heavy (non-hydrogen) atoms. The highest BCUT2D eigenvalue weighted by molar-refractivity contribution is 6.31. The van der Waals surface area contributed by atoms with Crippen molar-refractivity contribution in [2.24, 2.45) is 5.73 Å². The standard InChI is InChI=1S/C24H29ClN4.3ClH/c1-29(2)20-6-3-17(4-7-20)16-28-19-9-12-24(26,13-10-19)22-11-14-27-23-15-18(25)5-8-21(22)23;;;/h3-8,11,14-15,19,28H,9-10,12-13,16,26H2,1-2H3;3*1H. The van der Waals surface area contributed by atoms with E-state index in [0.29, 0.717) is 11.1 Å². The molecule has 0 atom stereocenters. The molecule has 4 nitrogen and oxygen atoms in total. The first-order valence-corrected chi connectivity index (χ1v) is 10.7. The van der Waals surface area contributed by atoms with Gasteiger partial charge in [0.1, 0.15) is 0 Å². The van der Waals surface area contributed by atoms with E-state index in [1.165, 1.54) is 16.8 Å². The van der Waals surface area contributed by atoms with Crippen LogP contribution in [0.15, 0.2) is 54.7 Å². The molecule has 1 aromatic heterocycles. The van der Waals surface area contributed by atoms with Crippen molar-refractivity contribution in [3.8, 4) is 0 Å². The molecule has 0 unspecified atom stereocenters. The van der Waals surface area contributed by atoms with Crippen LogP contribution in [0.4, 0.5) is 5.69 Å². The Bertz CT molecular complexity index is 987. The summed E-state index contributed by atoms with van der Waals surface area (Å²) in [6, 6.07) is 17.2. The van der Waals surface area contributed by atoms with Crippen LogP contribution in [0.5, 0.6) is 0 Å². The minimum absolute atomic E-state index is 0. The van der Waals surface area contributed by atoms with E-state index in [1.54, 1.807) is 0 Å². The molecule has 3 aromatic rings. The van der Waals surface area contributed by atoms with Gasteiger partial charge < -0.3 is 16.0 Å². The Hall–Kier alpha value is -1.27. The number of benzene rings is 2. The summed E-state index contributed by atoms with van der Waals surface area (Å²) in [5, 5.41) is 5.55. The van der Waals surface area contributed by atoms with E-state index in [4.69, 9.17) is 17.3 Å². The number of nitrogens with zero attached hydrogens (tertiary/aromatic N) is 2. The second-order valence-electron chi connectivity index (χ2n) is 8.39. The normalized spacial score (nSPS) is 19.9. The summed E-state index contributed by atoms with van der Waals surface area (Å²) in [6.07, 6.45) is 5.93. The number of anilines is 1. The summed E-state index contributed by atoms with van der Waals surface area (Å²) in [4.78, 5) is 6.59. The molecule has 1 fully saturated rings. The van der Waals surface area contributed by atoms with Gasteiger partial charge in [-0.3, -0.25) is 4.98 Å². The summed E-state index contributed by atoms with van der Waals surface area (Å²) in [5.41, 5.74) is 11.3. The first-order chi connectivity index (χ1) is 13.9. The number of fused-ring (bicyclic) bond motifs is 1. The molecule has 0 radical (unpaired) electrons. The average molecular weight is 518 g/mol. The predicted molar refractivity (Wildman–Crippen MR) is 144 cm³/mol. The lowest BCUT2D eigenvalue weighted by Gasteiger charge is -2.38. The summed E-state index contributed by atoms with van der Waals surface area (Å²) < 4.78 is 0. The van der Waals surface area contributed by atoms with Crippen LogP contribution >= 0.6 is 48.8 Å². The minimum Gasteiger partial charge on any atom is -0.378 e. The van der Waals surface area contributed by atoms with Crippen molar-refractivity contribution in [1.82, 2.24) is 10.3 Å². The van der Waals surface area contributed by atoms with Crippen LogP contribution in [0.1, 0.15) is 36.8 Å². The third-order valence-electron chi connectivity index (χ3n) is 6.17. The molecular weight excluding hydrogens is 486 g/mol. The van der Waals surface area contributed by atoms with E-state index in [-0.39, 0.29) is 42.8 Å². The Morgan fingerprint density at radius 1 is 1.03 bits per heavy atom. The Morgan fingerprint density at radius 2 is 1.69 bits per heavy atom. The first kappa shape index (κ1) is 28.8. The highest BCUT2D eigenvalue weighted by Gasteiger charge is 2.34. The lowest BCUT2D eigenvalue weighted by molar-refractivity contribution is 0.252. The number of nitrogens with one attached hydrogen (secondary N) is 1. The number of aromatic nitrogens is 1. The second-order valence-corrected chi connectivity index (χ2v) is 8.83. The third-order valence-corrected chi connectivity index (χ3v) is 6.40. The lowest BCUT2D eigenvalue weighted by Crippen LogP contribution is -2.45. The number of rotatable bonds is 5. The highest BCUT2D eigenvalue weighted by atomic mass is 35.5. The SMILES string of the molecule is CN(C)c1ccc(CNC2CCC(N)(c3ccnc4cc(Cl)ccc34)CC2)cc1.Cl.Cl.Cl. The van der Waals surface area contributed by atoms with Crippen molar-refractivity contribution < 1.29 is 0 Å². The Kier molecular flexibility index (Phi) is 11.0. The lowest BCUT2D eigenvalue weighted by atomic mass is 9.74. The van der Waals surface area contributed by atoms with E-state index in [0.717, 1.165) is 43.1 Å². The molecule has 1 aliphatic rings. The van der Waals surface area contributed by atoms with Crippen molar-refractivity contribution >= 4 is 65.4 Å². The minimum atomic E-state index is -0.305. The number of hydrogen-bond donors (Lipinski definition) is 2. The van der Waals surface area contributed by atoms with Crippen LogP contribution in [-0.2, 0) is 12.1 Å². The molecule has 0 spiro atoms. The van der Waals surface area contributed by atoms with Gasteiger partial charge in [-0.2, -0.15) is 0 Å². The fourth-order valence-electron chi connectivity index (χ4n) is 4.34. The molecule has 1 saturated carbocycles. The molecule has 0 saturated heterocycles. The third kappa shape index (κ3) is 6.40. The molecule has 8 heteroatoms. The molecule has 3 N–H and O–H groups in total. The van der Waals surface area contributed by atoms with Crippen molar-refractivity contribution in [2.75, 3.05) is 19.0 Å². The van der Waals surface area contributed by atoms with Gasteiger partial charge in [-0.15, -0.1) is 37.2 Å². The quantitative estimate of drug-likeness (QED) is 0.429. The van der Waals surface area contributed by atoms with Crippen molar-refractivity contribution in [3.63, 3.8) is 0 Å². The van der Waals surface area contributed by atoms with E-state index >= 15 is 0 Å². The summed E-state index contributed by atoms with van der Waals surface area (Å²) in [7, 11) is 4.13. The maximum absolute atomic E-state index is 6.91. The predicted octanol–water partition coefficient (Wildman–Crippen LogP) is 6.11. The van der Waals surface area contributed by atoms with Gasteiger partial charge in [-0.25, -0.2) is 0 Å². The largest absolute Gasteiger partial charge is 0.378 e. The van der Waals surface area contributed by atoms with Crippen LogP contribution in [-0.4, -0.2) is 25.1 Å².